The van der Waals surface area contributed by atoms with E-state index in [4.69, 9.17) is 0 Å². The number of allylic oxidation sites excluding steroid dienone is 1. The van der Waals surface area contributed by atoms with Crippen LogP contribution in [-0.4, -0.2) is 9.13 Å². The highest BCUT2D eigenvalue weighted by Gasteiger charge is 2.22. The van der Waals surface area contributed by atoms with Crippen molar-refractivity contribution in [3.8, 4) is 11.1 Å². The molecule has 0 N–H and O–H groups in total. The van der Waals surface area contributed by atoms with E-state index in [1.54, 1.807) is 11.6 Å². The molecule has 1 aliphatic heterocycles. The summed E-state index contributed by atoms with van der Waals surface area (Å²) in [6.45, 7) is 0.754. The Bertz CT molecular complexity index is 1130. The molecule has 2 aliphatic rings. The molecule has 0 radical (unpaired) electrons. The Balaban J connectivity index is 1.61. The van der Waals surface area contributed by atoms with Crippen LogP contribution in [0.5, 0.6) is 0 Å². The van der Waals surface area contributed by atoms with E-state index in [0.29, 0.717) is 0 Å². The van der Waals surface area contributed by atoms with E-state index >= 15 is 0 Å². The molecule has 4 nitrogen and oxygen atoms in total. The SMILES string of the molecule is Cn1ccc(N2C=Cn3c(cc4c3C=CCC4)C2)c(-c2ccccc2)c1=O. The summed E-state index contributed by atoms with van der Waals surface area (Å²) in [5.74, 6) is 0. The maximum absolute atomic E-state index is 12.9. The van der Waals surface area contributed by atoms with Gasteiger partial charge < -0.3 is 14.0 Å². The Labute approximate surface area is 158 Å². The van der Waals surface area contributed by atoms with E-state index < -0.39 is 0 Å². The van der Waals surface area contributed by atoms with Gasteiger partial charge in [-0.25, -0.2) is 0 Å². The largest absolute Gasteiger partial charge is 0.340 e. The maximum Gasteiger partial charge on any atom is 0.260 e. The predicted molar refractivity (Wildman–Crippen MR) is 110 cm³/mol. The Kier molecular flexibility index (Phi) is 3.64. The molecular weight excluding hydrogens is 334 g/mol. The third-order valence-electron chi connectivity index (χ3n) is 5.44. The van der Waals surface area contributed by atoms with Crippen molar-refractivity contribution in [3.63, 3.8) is 0 Å². The van der Waals surface area contributed by atoms with E-state index in [0.717, 1.165) is 36.2 Å². The molecule has 0 spiro atoms. The van der Waals surface area contributed by atoms with Gasteiger partial charge in [0.1, 0.15) is 0 Å². The van der Waals surface area contributed by atoms with Crippen LogP contribution in [0.15, 0.2) is 65.7 Å². The summed E-state index contributed by atoms with van der Waals surface area (Å²) in [6, 6.07) is 14.3. The zero-order valence-corrected chi connectivity index (χ0v) is 15.3. The fraction of sp³-hybridized carbons (Fsp3) is 0.174. The lowest BCUT2D eigenvalue weighted by Crippen LogP contribution is -2.26. The van der Waals surface area contributed by atoms with Crippen LogP contribution in [0.1, 0.15) is 23.4 Å². The minimum absolute atomic E-state index is 0.0234. The minimum atomic E-state index is 0.0234. The fourth-order valence-corrected chi connectivity index (χ4v) is 4.05. The normalized spacial score (nSPS) is 14.9. The summed E-state index contributed by atoms with van der Waals surface area (Å²) in [5.41, 5.74) is 6.62. The zero-order valence-electron chi connectivity index (χ0n) is 15.3. The first-order valence-corrected chi connectivity index (χ1v) is 9.32. The lowest BCUT2D eigenvalue weighted by Gasteiger charge is -2.27. The Morgan fingerprint density at radius 1 is 1.04 bits per heavy atom. The van der Waals surface area contributed by atoms with Gasteiger partial charge in [0.2, 0.25) is 0 Å². The molecule has 0 amide bonds. The number of hydrogen-bond donors (Lipinski definition) is 0. The van der Waals surface area contributed by atoms with Crippen molar-refractivity contribution in [1.29, 1.82) is 0 Å². The molecule has 134 valence electrons. The number of aryl methyl sites for hydroxylation is 2. The van der Waals surface area contributed by atoms with Gasteiger partial charge in [0.05, 0.1) is 17.8 Å². The molecule has 1 aromatic carbocycles. The molecule has 1 aliphatic carbocycles. The highest BCUT2D eigenvalue weighted by atomic mass is 16.1. The van der Waals surface area contributed by atoms with Gasteiger partial charge in [0.25, 0.3) is 5.56 Å². The average molecular weight is 355 g/mol. The lowest BCUT2D eigenvalue weighted by molar-refractivity contribution is 0.834. The standard InChI is InChI=1S/C23H21N3O/c1-24-12-11-21(22(23(24)27)17-7-3-2-4-8-17)25-13-14-26-19(16-25)15-18-9-5-6-10-20(18)26/h2-4,6-8,10-15H,5,9,16H2,1H3. The van der Waals surface area contributed by atoms with Crippen LogP contribution in [0.4, 0.5) is 5.69 Å². The molecule has 3 heterocycles. The Morgan fingerprint density at radius 2 is 1.89 bits per heavy atom. The molecule has 3 aromatic rings. The minimum Gasteiger partial charge on any atom is -0.340 e. The first-order chi connectivity index (χ1) is 13.2. The molecule has 0 fully saturated rings. The summed E-state index contributed by atoms with van der Waals surface area (Å²) in [6.07, 6.45) is 12.7. The number of hydrogen-bond acceptors (Lipinski definition) is 2. The van der Waals surface area contributed by atoms with Crippen LogP contribution in [0.2, 0.25) is 0 Å². The monoisotopic (exact) mass is 355 g/mol. The summed E-state index contributed by atoms with van der Waals surface area (Å²) >= 11 is 0. The van der Waals surface area contributed by atoms with E-state index in [2.05, 4.69) is 40.1 Å². The summed E-state index contributed by atoms with van der Waals surface area (Å²) < 4.78 is 3.91. The molecule has 5 rings (SSSR count). The lowest BCUT2D eigenvalue weighted by atomic mass is 10.0. The van der Waals surface area contributed by atoms with Crippen molar-refractivity contribution in [3.05, 3.63) is 88.2 Å². The summed E-state index contributed by atoms with van der Waals surface area (Å²) in [4.78, 5) is 15.1. The zero-order chi connectivity index (χ0) is 18.4. The second kappa shape index (κ2) is 6.16. The van der Waals surface area contributed by atoms with Crippen molar-refractivity contribution in [1.82, 2.24) is 9.13 Å². The number of nitrogens with zero attached hydrogens (tertiary/aromatic N) is 3. The second-order valence-corrected chi connectivity index (χ2v) is 7.14. The number of anilines is 1. The number of benzene rings is 1. The third-order valence-corrected chi connectivity index (χ3v) is 5.44. The third kappa shape index (κ3) is 2.56. The number of rotatable bonds is 2. The molecule has 0 unspecified atom stereocenters. The number of fused-ring (bicyclic) bond motifs is 3. The van der Waals surface area contributed by atoms with Crippen LogP contribution in [0.3, 0.4) is 0 Å². The van der Waals surface area contributed by atoms with E-state index in [-0.39, 0.29) is 5.56 Å². The molecular formula is C23H21N3O. The van der Waals surface area contributed by atoms with Gasteiger partial charge in [-0.15, -0.1) is 0 Å². The molecule has 2 aromatic heterocycles. The van der Waals surface area contributed by atoms with Crippen molar-refractivity contribution in [2.45, 2.75) is 19.4 Å². The van der Waals surface area contributed by atoms with E-state index in [9.17, 15) is 4.79 Å². The van der Waals surface area contributed by atoms with Crippen LogP contribution in [-0.2, 0) is 20.0 Å². The first kappa shape index (κ1) is 15.9. The second-order valence-electron chi connectivity index (χ2n) is 7.14. The van der Waals surface area contributed by atoms with E-state index in [1.807, 2.05) is 42.6 Å². The van der Waals surface area contributed by atoms with Crippen molar-refractivity contribution in [2.75, 3.05) is 4.90 Å². The molecule has 4 heteroatoms. The van der Waals surface area contributed by atoms with Crippen LogP contribution in [0.25, 0.3) is 23.4 Å². The van der Waals surface area contributed by atoms with E-state index in [1.165, 1.54) is 17.0 Å². The van der Waals surface area contributed by atoms with Gasteiger partial charge >= 0.3 is 0 Å². The molecule has 0 atom stereocenters. The van der Waals surface area contributed by atoms with Gasteiger partial charge in [-0.05, 0) is 42.2 Å². The van der Waals surface area contributed by atoms with Crippen LogP contribution < -0.4 is 10.5 Å². The van der Waals surface area contributed by atoms with Gasteiger partial charge in [0, 0.05) is 37.0 Å². The predicted octanol–water partition coefficient (Wildman–Crippen LogP) is 4.26. The van der Waals surface area contributed by atoms with Crippen molar-refractivity contribution < 1.29 is 0 Å². The van der Waals surface area contributed by atoms with Gasteiger partial charge in [-0.2, -0.15) is 0 Å². The summed E-state index contributed by atoms with van der Waals surface area (Å²) in [7, 11) is 1.80. The molecule has 0 bridgehead atoms. The molecule has 0 saturated carbocycles. The molecule has 27 heavy (non-hydrogen) atoms. The summed E-state index contributed by atoms with van der Waals surface area (Å²) in [5, 5.41) is 0. The average Bonchev–Trinajstić information content (AvgIpc) is 3.08. The van der Waals surface area contributed by atoms with Crippen molar-refractivity contribution in [2.24, 2.45) is 7.05 Å². The smallest absolute Gasteiger partial charge is 0.260 e. The van der Waals surface area contributed by atoms with Crippen molar-refractivity contribution >= 4 is 18.0 Å². The highest BCUT2D eigenvalue weighted by molar-refractivity contribution is 5.79. The highest BCUT2D eigenvalue weighted by Crippen LogP contribution is 2.33. The molecule has 0 saturated heterocycles. The van der Waals surface area contributed by atoms with Gasteiger partial charge in [-0.3, -0.25) is 4.79 Å². The van der Waals surface area contributed by atoms with Gasteiger partial charge in [0.15, 0.2) is 0 Å². The number of aromatic nitrogens is 2. The fourth-order valence-electron chi connectivity index (χ4n) is 4.05. The topological polar surface area (TPSA) is 30.2 Å². The van der Waals surface area contributed by atoms with Crippen LogP contribution >= 0.6 is 0 Å². The quantitative estimate of drug-likeness (QED) is 0.687. The van der Waals surface area contributed by atoms with Gasteiger partial charge in [-0.1, -0.05) is 36.4 Å². The number of pyridine rings is 1. The Morgan fingerprint density at radius 3 is 2.74 bits per heavy atom. The first-order valence-electron chi connectivity index (χ1n) is 9.32. The Hall–Kier alpha value is -3.27. The van der Waals surface area contributed by atoms with Crippen LogP contribution in [0, 0.1) is 0 Å². The maximum atomic E-state index is 12.9.